The van der Waals surface area contributed by atoms with Gasteiger partial charge in [-0.1, -0.05) is 0 Å². The first kappa shape index (κ1) is 12.8. The lowest BCUT2D eigenvalue weighted by molar-refractivity contribution is 0.0249. The normalized spacial score (nSPS) is 27.1. The predicted molar refractivity (Wildman–Crippen MR) is 76.5 cm³/mol. The minimum Gasteiger partial charge on any atom is -0.394 e. The number of rotatable bonds is 2. The Hall–Kier alpha value is -1.23. The van der Waals surface area contributed by atoms with Crippen LogP contribution in [0.2, 0.25) is 0 Å². The topological polar surface area (TPSA) is 56.3 Å². The second kappa shape index (κ2) is 4.71. The molecule has 2 unspecified atom stereocenters. The van der Waals surface area contributed by atoms with Gasteiger partial charge in [0, 0.05) is 12.6 Å². The van der Waals surface area contributed by atoms with Crippen molar-refractivity contribution in [1.82, 2.24) is 9.78 Å². The van der Waals surface area contributed by atoms with E-state index in [1.54, 1.807) is 0 Å². The molecule has 2 N–H and O–H groups in total. The van der Waals surface area contributed by atoms with Crippen molar-refractivity contribution in [2.75, 3.05) is 23.8 Å². The van der Waals surface area contributed by atoms with E-state index in [9.17, 15) is 0 Å². The second-order valence-electron chi connectivity index (χ2n) is 5.96. The molecular formula is C14H24N4O. The van der Waals surface area contributed by atoms with E-state index in [-0.39, 0.29) is 0 Å². The highest BCUT2D eigenvalue weighted by Crippen LogP contribution is 2.37. The third-order valence-electron chi connectivity index (χ3n) is 4.35. The molecule has 5 heteroatoms. The van der Waals surface area contributed by atoms with E-state index in [0.29, 0.717) is 18.2 Å². The molecule has 0 spiro atoms. The summed E-state index contributed by atoms with van der Waals surface area (Å²) in [6.45, 7) is 8.01. The summed E-state index contributed by atoms with van der Waals surface area (Å²) in [5, 5.41) is 4.61. The van der Waals surface area contributed by atoms with Crippen LogP contribution in [0.4, 0.5) is 11.5 Å². The molecular weight excluding hydrogens is 240 g/mol. The molecule has 2 aliphatic rings. The fourth-order valence-electron chi connectivity index (χ4n) is 3.38. The molecule has 2 heterocycles. The van der Waals surface area contributed by atoms with Gasteiger partial charge >= 0.3 is 0 Å². The Morgan fingerprint density at radius 2 is 2.16 bits per heavy atom. The molecule has 2 fully saturated rings. The Labute approximate surface area is 114 Å². The van der Waals surface area contributed by atoms with Crippen LogP contribution in [0.15, 0.2) is 0 Å². The summed E-state index contributed by atoms with van der Waals surface area (Å²) in [6.07, 6.45) is 4.01. The van der Waals surface area contributed by atoms with Crippen LogP contribution in [0.25, 0.3) is 0 Å². The maximum atomic E-state index is 6.29. The highest BCUT2D eigenvalue weighted by Gasteiger charge is 2.38. The largest absolute Gasteiger partial charge is 0.394 e. The van der Waals surface area contributed by atoms with E-state index in [2.05, 4.69) is 28.5 Å². The number of aryl methyl sites for hydroxylation is 1. The lowest BCUT2D eigenvalue weighted by Gasteiger charge is -2.39. The molecule has 1 aromatic heterocycles. The van der Waals surface area contributed by atoms with Crippen LogP contribution in [-0.4, -0.2) is 35.1 Å². The van der Waals surface area contributed by atoms with Gasteiger partial charge in [-0.05, 0) is 40.0 Å². The van der Waals surface area contributed by atoms with Crippen molar-refractivity contribution in [3.05, 3.63) is 5.69 Å². The van der Waals surface area contributed by atoms with Crippen LogP contribution in [0.5, 0.6) is 0 Å². The summed E-state index contributed by atoms with van der Waals surface area (Å²) >= 11 is 0. The van der Waals surface area contributed by atoms with Crippen molar-refractivity contribution >= 4 is 11.5 Å². The zero-order valence-electron chi connectivity index (χ0n) is 12.1. The van der Waals surface area contributed by atoms with Crippen molar-refractivity contribution < 1.29 is 4.74 Å². The molecule has 0 radical (unpaired) electrons. The quantitative estimate of drug-likeness (QED) is 0.889. The zero-order chi connectivity index (χ0) is 13.6. The van der Waals surface area contributed by atoms with Crippen LogP contribution in [-0.2, 0) is 4.74 Å². The molecule has 2 atom stereocenters. The highest BCUT2D eigenvalue weighted by molar-refractivity contribution is 5.67. The molecule has 1 aliphatic carbocycles. The molecule has 1 aromatic rings. The van der Waals surface area contributed by atoms with Gasteiger partial charge in [-0.3, -0.25) is 0 Å². The molecule has 0 bridgehead atoms. The Bertz CT molecular complexity index is 468. The van der Waals surface area contributed by atoms with Crippen molar-refractivity contribution in [2.24, 2.45) is 0 Å². The van der Waals surface area contributed by atoms with E-state index in [4.69, 9.17) is 10.5 Å². The number of nitrogen functional groups attached to an aromatic ring is 1. The molecule has 1 saturated heterocycles. The maximum Gasteiger partial charge on any atom is 0.151 e. The number of fused-ring (bicyclic) bond motifs is 1. The van der Waals surface area contributed by atoms with Gasteiger partial charge in [-0.25, -0.2) is 4.68 Å². The molecule has 106 valence electrons. The van der Waals surface area contributed by atoms with Gasteiger partial charge in [0.25, 0.3) is 0 Å². The number of anilines is 2. The van der Waals surface area contributed by atoms with Gasteiger partial charge in [0.15, 0.2) is 5.82 Å². The fraction of sp³-hybridized carbons (Fsp3) is 0.786. The average molecular weight is 264 g/mol. The van der Waals surface area contributed by atoms with Crippen LogP contribution in [0.3, 0.4) is 0 Å². The van der Waals surface area contributed by atoms with E-state index in [1.165, 1.54) is 19.3 Å². The molecule has 0 amide bonds. The highest BCUT2D eigenvalue weighted by atomic mass is 16.5. The lowest BCUT2D eigenvalue weighted by Crippen LogP contribution is -2.49. The number of nitrogens with zero attached hydrogens (tertiary/aromatic N) is 3. The second-order valence-corrected chi connectivity index (χ2v) is 5.96. The summed E-state index contributed by atoms with van der Waals surface area (Å²) in [4.78, 5) is 2.44. The Kier molecular flexibility index (Phi) is 3.17. The van der Waals surface area contributed by atoms with E-state index in [1.807, 2.05) is 6.92 Å². The van der Waals surface area contributed by atoms with Crippen LogP contribution in [0.1, 0.15) is 44.8 Å². The minimum atomic E-state index is 0.327. The molecule has 0 aromatic carbocycles. The Morgan fingerprint density at radius 1 is 1.37 bits per heavy atom. The number of morpholine rings is 1. The van der Waals surface area contributed by atoms with Crippen LogP contribution in [0, 0.1) is 6.92 Å². The van der Waals surface area contributed by atoms with E-state index < -0.39 is 0 Å². The molecule has 1 aliphatic heterocycles. The molecule has 19 heavy (non-hydrogen) atoms. The zero-order valence-corrected chi connectivity index (χ0v) is 12.1. The summed E-state index contributed by atoms with van der Waals surface area (Å²) in [5.74, 6) is 1.10. The van der Waals surface area contributed by atoms with Crippen molar-refractivity contribution in [3.8, 4) is 0 Å². The SMILES string of the molecule is Cc1nn(C(C)C)c(N2CCOC3CCCC32)c1N. The molecule has 3 rings (SSSR count). The van der Waals surface area contributed by atoms with Crippen LogP contribution >= 0.6 is 0 Å². The van der Waals surface area contributed by atoms with E-state index >= 15 is 0 Å². The van der Waals surface area contributed by atoms with Gasteiger partial charge in [-0.2, -0.15) is 5.10 Å². The number of hydrogen-bond acceptors (Lipinski definition) is 4. The van der Waals surface area contributed by atoms with Gasteiger partial charge in [0.1, 0.15) is 0 Å². The van der Waals surface area contributed by atoms with Gasteiger partial charge in [0.2, 0.25) is 0 Å². The maximum absolute atomic E-state index is 6.29. The predicted octanol–water partition coefficient (Wildman–Crippen LogP) is 2.11. The Morgan fingerprint density at radius 3 is 2.89 bits per heavy atom. The molecule has 5 nitrogen and oxygen atoms in total. The first-order valence-corrected chi connectivity index (χ1v) is 7.32. The first-order chi connectivity index (χ1) is 9.09. The first-order valence-electron chi connectivity index (χ1n) is 7.32. The van der Waals surface area contributed by atoms with Crippen molar-refractivity contribution in [1.29, 1.82) is 0 Å². The summed E-state index contributed by atoms with van der Waals surface area (Å²) < 4.78 is 7.96. The van der Waals surface area contributed by atoms with Gasteiger partial charge in [-0.15, -0.1) is 0 Å². The number of hydrogen-bond donors (Lipinski definition) is 1. The summed E-state index contributed by atoms with van der Waals surface area (Å²) in [5.41, 5.74) is 8.06. The third kappa shape index (κ3) is 2.00. The van der Waals surface area contributed by atoms with Crippen molar-refractivity contribution in [3.63, 3.8) is 0 Å². The third-order valence-corrected chi connectivity index (χ3v) is 4.35. The Balaban J connectivity index is 2.00. The van der Waals surface area contributed by atoms with Gasteiger partial charge < -0.3 is 15.4 Å². The monoisotopic (exact) mass is 264 g/mol. The smallest absolute Gasteiger partial charge is 0.151 e. The number of aromatic nitrogens is 2. The summed E-state index contributed by atoms with van der Waals surface area (Å²) in [6, 6.07) is 0.804. The minimum absolute atomic E-state index is 0.327. The van der Waals surface area contributed by atoms with E-state index in [0.717, 1.165) is 30.4 Å². The number of ether oxygens (including phenoxy) is 1. The molecule has 1 saturated carbocycles. The fourth-order valence-corrected chi connectivity index (χ4v) is 3.38. The lowest BCUT2D eigenvalue weighted by atomic mass is 10.1. The van der Waals surface area contributed by atoms with Crippen molar-refractivity contribution in [2.45, 2.75) is 58.2 Å². The standard InChI is InChI=1S/C14H24N4O/c1-9(2)18-14(13(15)10(3)16-18)17-7-8-19-12-6-4-5-11(12)17/h9,11-12H,4-8,15H2,1-3H3. The van der Waals surface area contributed by atoms with Gasteiger partial charge in [0.05, 0.1) is 30.1 Å². The number of nitrogens with two attached hydrogens (primary N) is 1. The van der Waals surface area contributed by atoms with Crippen LogP contribution < -0.4 is 10.6 Å². The average Bonchev–Trinajstić information content (AvgIpc) is 2.95. The summed E-state index contributed by atoms with van der Waals surface area (Å²) in [7, 11) is 0.